The van der Waals surface area contributed by atoms with E-state index >= 15 is 0 Å². The van der Waals surface area contributed by atoms with E-state index in [1.54, 1.807) is 12.3 Å². The first-order chi connectivity index (χ1) is 13.5. The minimum atomic E-state index is -0.519. The number of aromatic nitrogens is 1. The molecule has 0 amide bonds. The molecular weight excluding hydrogens is 372 g/mol. The molecule has 0 fully saturated rings. The molecule has 2 aromatic carbocycles. The first kappa shape index (κ1) is 19.6. The van der Waals surface area contributed by atoms with E-state index in [0.29, 0.717) is 10.8 Å². The maximum absolute atomic E-state index is 12.4. The minimum Gasteiger partial charge on any atom is -0.461 e. The van der Waals surface area contributed by atoms with Crippen molar-refractivity contribution in [2.45, 2.75) is 20.8 Å². The van der Waals surface area contributed by atoms with Gasteiger partial charge in [0.15, 0.2) is 10.8 Å². The molecule has 0 atom stereocenters. The highest BCUT2D eigenvalue weighted by Crippen LogP contribution is 2.22. The third-order valence-corrected chi connectivity index (χ3v) is 4.62. The fourth-order valence-electron chi connectivity index (χ4n) is 2.36. The highest BCUT2D eigenvalue weighted by Gasteiger charge is 2.19. The Morgan fingerprint density at radius 3 is 2.25 bits per heavy atom. The largest absolute Gasteiger partial charge is 0.461 e. The lowest BCUT2D eigenvalue weighted by atomic mass is 10.2. The number of esters is 1. The van der Waals surface area contributed by atoms with Gasteiger partial charge in [-0.05, 0) is 45.0 Å². The van der Waals surface area contributed by atoms with Crippen LogP contribution >= 0.6 is 11.3 Å². The molecule has 0 saturated carbocycles. The van der Waals surface area contributed by atoms with Gasteiger partial charge < -0.3 is 10.1 Å². The van der Waals surface area contributed by atoms with Crippen LogP contribution in [0.2, 0.25) is 0 Å². The van der Waals surface area contributed by atoms with Crippen molar-refractivity contribution in [1.82, 2.24) is 4.98 Å². The van der Waals surface area contributed by atoms with Crippen LogP contribution in [0.5, 0.6) is 0 Å². The first-order valence-electron chi connectivity index (χ1n) is 8.92. The smallest absolute Gasteiger partial charge is 0.361 e. The van der Waals surface area contributed by atoms with Gasteiger partial charge in [0.25, 0.3) is 0 Å². The second-order valence-electron chi connectivity index (χ2n) is 6.19. The maximum Gasteiger partial charge on any atom is 0.361 e. The Balaban J connectivity index is 1.80. The summed E-state index contributed by atoms with van der Waals surface area (Å²) in [6.45, 7) is 6.07. The van der Waals surface area contributed by atoms with Gasteiger partial charge in [-0.2, -0.15) is 5.10 Å². The van der Waals surface area contributed by atoms with E-state index in [9.17, 15) is 4.79 Å². The molecule has 3 aromatic rings. The zero-order valence-corrected chi connectivity index (χ0v) is 16.8. The molecular formula is C21H22N4O2S. The van der Waals surface area contributed by atoms with Crippen molar-refractivity contribution in [1.29, 1.82) is 0 Å². The molecule has 0 aliphatic heterocycles. The van der Waals surface area contributed by atoms with Crippen LogP contribution < -0.4 is 10.7 Å². The molecule has 0 bridgehead atoms. The number of nitrogens with one attached hydrogen (secondary N) is 2. The number of ether oxygens (including phenoxy) is 1. The van der Waals surface area contributed by atoms with Crippen molar-refractivity contribution in [3.63, 3.8) is 0 Å². The number of aryl methyl sites for hydroxylation is 2. The Labute approximate surface area is 168 Å². The van der Waals surface area contributed by atoms with Crippen LogP contribution in [0.15, 0.2) is 59.0 Å². The monoisotopic (exact) mass is 394 g/mol. The number of hydrogen-bond donors (Lipinski definition) is 2. The van der Waals surface area contributed by atoms with Gasteiger partial charge in [0, 0.05) is 11.1 Å². The molecule has 3 rings (SSSR count). The summed E-state index contributed by atoms with van der Waals surface area (Å²) >= 11 is 1.40. The number of nitrogens with zero attached hydrogens (tertiary/aromatic N) is 2. The summed E-state index contributed by atoms with van der Waals surface area (Å²) in [5, 5.41) is 9.94. The third-order valence-electron chi connectivity index (χ3n) is 3.87. The molecule has 0 saturated heterocycles. The van der Waals surface area contributed by atoms with Crippen molar-refractivity contribution in [2.75, 3.05) is 17.3 Å². The van der Waals surface area contributed by atoms with Gasteiger partial charge in [0.2, 0.25) is 0 Å². The summed E-state index contributed by atoms with van der Waals surface area (Å²) in [4.78, 5) is 16.9. The predicted molar refractivity (Wildman–Crippen MR) is 115 cm³/mol. The van der Waals surface area contributed by atoms with Gasteiger partial charge in [-0.3, -0.25) is 5.43 Å². The van der Waals surface area contributed by atoms with Crippen molar-refractivity contribution in [3.8, 4) is 0 Å². The summed E-state index contributed by atoms with van der Waals surface area (Å²) < 4.78 is 5.14. The van der Waals surface area contributed by atoms with Crippen LogP contribution in [0.25, 0.3) is 0 Å². The molecule has 1 aromatic heterocycles. The maximum atomic E-state index is 12.4. The SMILES string of the molecule is CCOC(=O)C(=NNc1ccc(C)cc1)c1csc(Nc2ccc(C)cc2)n1. The van der Waals surface area contributed by atoms with E-state index in [4.69, 9.17) is 4.74 Å². The lowest BCUT2D eigenvalue weighted by molar-refractivity contribution is -0.134. The van der Waals surface area contributed by atoms with Crippen LogP contribution in [0, 0.1) is 13.8 Å². The molecule has 2 N–H and O–H groups in total. The molecule has 0 aliphatic rings. The standard InChI is InChI=1S/C21H22N4O2S/c1-4-27-20(26)19(25-24-17-11-7-15(3)8-12-17)18-13-28-21(23-18)22-16-9-5-14(2)6-10-16/h5-13,24H,4H2,1-3H3,(H,22,23). The Kier molecular flexibility index (Phi) is 6.39. The second-order valence-corrected chi connectivity index (χ2v) is 7.05. The van der Waals surface area contributed by atoms with Crippen LogP contribution in [0.4, 0.5) is 16.5 Å². The molecule has 0 unspecified atom stereocenters. The van der Waals surface area contributed by atoms with E-state index in [1.165, 1.54) is 16.9 Å². The lowest BCUT2D eigenvalue weighted by Gasteiger charge is -2.06. The Morgan fingerprint density at radius 2 is 1.64 bits per heavy atom. The molecule has 144 valence electrons. The number of carbonyl (C=O) groups is 1. The third kappa shape index (κ3) is 5.17. The molecule has 6 nitrogen and oxygen atoms in total. The van der Waals surface area contributed by atoms with Gasteiger partial charge in [-0.1, -0.05) is 35.4 Å². The van der Waals surface area contributed by atoms with E-state index in [0.717, 1.165) is 16.9 Å². The van der Waals surface area contributed by atoms with Crippen molar-refractivity contribution in [2.24, 2.45) is 5.10 Å². The quantitative estimate of drug-likeness (QED) is 0.339. The highest BCUT2D eigenvalue weighted by atomic mass is 32.1. The lowest BCUT2D eigenvalue weighted by Crippen LogP contribution is -2.20. The Morgan fingerprint density at radius 1 is 1.04 bits per heavy atom. The van der Waals surface area contributed by atoms with Crippen LogP contribution in [-0.4, -0.2) is 23.3 Å². The van der Waals surface area contributed by atoms with Crippen LogP contribution in [0.3, 0.4) is 0 Å². The van der Waals surface area contributed by atoms with Crippen molar-refractivity contribution in [3.05, 3.63) is 70.7 Å². The molecule has 7 heteroatoms. The summed E-state index contributed by atoms with van der Waals surface area (Å²) in [6.07, 6.45) is 0. The van der Waals surface area contributed by atoms with Crippen LogP contribution in [-0.2, 0) is 9.53 Å². The van der Waals surface area contributed by atoms with E-state index < -0.39 is 5.97 Å². The molecule has 28 heavy (non-hydrogen) atoms. The fraction of sp³-hybridized carbons (Fsp3) is 0.190. The number of anilines is 3. The van der Waals surface area contributed by atoms with Gasteiger partial charge in [0.05, 0.1) is 12.3 Å². The molecule has 0 aliphatic carbocycles. The number of hydrogen-bond acceptors (Lipinski definition) is 7. The normalized spacial score (nSPS) is 11.2. The predicted octanol–water partition coefficient (Wildman–Crippen LogP) is 4.88. The van der Waals surface area contributed by atoms with Crippen LogP contribution in [0.1, 0.15) is 23.7 Å². The van der Waals surface area contributed by atoms with Crippen molar-refractivity contribution < 1.29 is 9.53 Å². The van der Waals surface area contributed by atoms with Gasteiger partial charge >= 0.3 is 5.97 Å². The van der Waals surface area contributed by atoms with E-state index in [2.05, 4.69) is 20.8 Å². The summed E-state index contributed by atoms with van der Waals surface area (Å²) in [5.41, 5.74) is 7.53. The number of rotatable bonds is 7. The topological polar surface area (TPSA) is 75.6 Å². The molecule has 1 heterocycles. The summed E-state index contributed by atoms with van der Waals surface area (Å²) in [6, 6.07) is 15.7. The minimum absolute atomic E-state index is 0.135. The van der Waals surface area contributed by atoms with Crippen molar-refractivity contribution >= 4 is 39.5 Å². The van der Waals surface area contributed by atoms with Gasteiger partial charge in [0.1, 0.15) is 5.69 Å². The number of carbonyl (C=O) groups excluding carboxylic acids is 1. The van der Waals surface area contributed by atoms with Gasteiger partial charge in [-0.15, -0.1) is 11.3 Å². The summed E-state index contributed by atoms with van der Waals surface area (Å²) in [5.74, 6) is -0.519. The Hall–Kier alpha value is -3.19. The molecule has 0 radical (unpaired) electrons. The number of thiazole rings is 1. The summed E-state index contributed by atoms with van der Waals surface area (Å²) in [7, 11) is 0. The zero-order valence-electron chi connectivity index (χ0n) is 16.0. The Bertz CT molecular complexity index is 963. The second kappa shape index (κ2) is 9.14. The van der Waals surface area contributed by atoms with E-state index in [1.807, 2.05) is 62.4 Å². The van der Waals surface area contributed by atoms with E-state index in [-0.39, 0.29) is 12.3 Å². The van der Waals surface area contributed by atoms with Gasteiger partial charge in [-0.25, -0.2) is 9.78 Å². The fourth-order valence-corrected chi connectivity index (χ4v) is 3.07. The molecule has 0 spiro atoms. The first-order valence-corrected chi connectivity index (χ1v) is 9.80. The zero-order chi connectivity index (χ0) is 19.9. The average molecular weight is 395 g/mol. The average Bonchev–Trinajstić information content (AvgIpc) is 3.14. The number of benzene rings is 2. The highest BCUT2D eigenvalue weighted by molar-refractivity contribution is 7.14. The number of hydrazone groups is 1.